The Morgan fingerprint density at radius 2 is 1.77 bits per heavy atom. The van der Waals surface area contributed by atoms with Crippen LogP contribution in [0.4, 0.5) is 0 Å². The first-order valence-electron chi connectivity index (χ1n) is 10.1. The predicted molar refractivity (Wildman–Crippen MR) is 108 cm³/mol. The zero-order valence-corrected chi connectivity index (χ0v) is 17.3. The zero-order valence-electron chi connectivity index (χ0n) is 17.3. The fourth-order valence-corrected chi connectivity index (χ4v) is 3.28. The molecule has 0 aromatic carbocycles. The molecule has 13 nitrogen and oxygen atoms in total. The van der Waals surface area contributed by atoms with Crippen LogP contribution in [0.2, 0.25) is 0 Å². The Labute approximate surface area is 179 Å². The summed E-state index contributed by atoms with van der Waals surface area (Å²) in [6.07, 6.45) is 1.61. The quantitative estimate of drug-likeness (QED) is 0.139. The van der Waals surface area contributed by atoms with Crippen molar-refractivity contribution in [2.45, 2.75) is 62.7 Å². The summed E-state index contributed by atoms with van der Waals surface area (Å²) in [5, 5.41) is 23.0. The van der Waals surface area contributed by atoms with E-state index in [1.54, 1.807) is 0 Å². The van der Waals surface area contributed by atoms with Crippen molar-refractivity contribution in [2.24, 2.45) is 17.2 Å². The van der Waals surface area contributed by atoms with Gasteiger partial charge in [-0.2, -0.15) is 0 Å². The summed E-state index contributed by atoms with van der Waals surface area (Å²) in [7, 11) is 0. The van der Waals surface area contributed by atoms with E-state index in [1.165, 1.54) is 4.90 Å². The molecule has 0 saturated carbocycles. The summed E-state index contributed by atoms with van der Waals surface area (Å²) in [4.78, 5) is 61.4. The van der Waals surface area contributed by atoms with Crippen LogP contribution in [-0.2, 0) is 24.0 Å². The maximum Gasteiger partial charge on any atom is 0.326 e. The lowest BCUT2D eigenvalue weighted by atomic mass is 10.1. The number of hydrogen-bond donors (Lipinski definition) is 7. The number of rotatable bonds is 13. The van der Waals surface area contributed by atoms with Gasteiger partial charge in [0.1, 0.15) is 24.2 Å². The van der Waals surface area contributed by atoms with Gasteiger partial charge in [-0.05, 0) is 38.6 Å². The van der Waals surface area contributed by atoms with Crippen molar-refractivity contribution in [3.05, 3.63) is 0 Å². The highest BCUT2D eigenvalue weighted by molar-refractivity contribution is 5.95. The van der Waals surface area contributed by atoms with Gasteiger partial charge in [0.2, 0.25) is 23.6 Å². The number of aliphatic hydroxyl groups is 1. The molecule has 1 fully saturated rings. The second-order valence-corrected chi connectivity index (χ2v) is 7.39. The van der Waals surface area contributed by atoms with Crippen molar-refractivity contribution < 1.29 is 34.2 Å². The van der Waals surface area contributed by atoms with Crippen LogP contribution in [0.25, 0.3) is 0 Å². The molecular formula is C18H32N6O7. The van der Waals surface area contributed by atoms with Crippen molar-refractivity contribution in [3.63, 3.8) is 0 Å². The Balaban J connectivity index is 2.93. The predicted octanol–water partition coefficient (Wildman–Crippen LogP) is -3.64. The normalized spacial score (nSPS) is 18.7. The van der Waals surface area contributed by atoms with E-state index < -0.39 is 66.8 Å². The topological polar surface area (TPSA) is 231 Å². The summed E-state index contributed by atoms with van der Waals surface area (Å²) in [5.41, 5.74) is 16.0. The van der Waals surface area contributed by atoms with Gasteiger partial charge >= 0.3 is 5.97 Å². The van der Waals surface area contributed by atoms with Crippen LogP contribution >= 0.6 is 0 Å². The average Bonchev–Trinajstić information content (AvgIpc) is 3.20. The number of aliphatic hydroxyl groups excluding tert-OH is 1. The lowest BCUT2D eigenvalue weighted by Crippen LogP contribution is -2.57. The largest absolute Gasteiger partial charge is 0.480 e. The van der Waals surface area contributed by atoms with E-state index in [0.29, 0.717) is 32.2 Å². The lowest BCUT2D eigenvalue weighted by Gasteiger charge is -2.30. The van der Waals surface area contributed by atoms with E-state index >= 15 is 0 Å². The molecule has 1 saturated heterocycles. The SMILES string of the molecule is NCCCCC(NC(=O)C(N)CO)C(=O)N1CCCC1C(=O)NC(CC(N)=O)C(=O)O. The molecule has 31 heavy (non-hydrogen) atoms. The van der Waals surface area contributed by atoms with Crippen LogP contribution in [0.15, 0.2) is 0 Å². The Hall–Kier alpha value is -2.77. The number of hydrogen-bond acceptors (Lipinski definition) is 8. The van der Waals surface area contributed by atoms with Crippen molar-refractivity contribution in [1.29, 1.82) is 0 Å². The Morgan fingerprint density at radius 1 is 1.10 bits per heavy atom. The molecule has 1 rings (SSSR count). The first-order chi connectivity index (χ1) is 14.6. The highest BCUT2D eigenvalue weighted by Gasteiger charge is 2.39. The van der Waals surface area contributed by atoms with E-state index in [2.05, 4.69) is 10.6 Å². The Kier molecular flexibility index (Phi) is 10.9. The minimum absolute atomic E-state index is 0.236. The molecule has 0 aliphatic carbocycles. The lowest BCUT2D eigenvalue weighted by molar-refractivity contribution is -0.146. The molecule has 0 spiro atoms. The molecule has 0 radical (unpaired) electrons. The van der Waals surface area contributed by atoms with Crippen LogP contribution in [0, 0.1) is 0 Å². The minimum Gasteiger partial charge on any atom is -0.480 e. The van der Waals surface area contributed by atoms with Crippen LogP contribution < -0.4 is 27.8 Å². The van der Waals surface area contributed by atoms with Gasteiger partial charge in [0.25, 0.3) is 0 Å². The fourth-order valence-electron chi connectivity index (χ4n) is 3.28. The number of amides is 4. The first-order valence-corrected chi connectivity index (χ1v) is 10.1. The molecule has 13 heteroatoms. The molecule has 4 amide bonds. The van der Waals surface area contributed by atoms with Gasteiger partial charge in [-0.1, -0.05) is 0 Å². The third-order valence-electron chi connectivity index (χ3n) is 4.95. The second-order valence-electron chi connectivity index (χ2n) is 7.39. The van der Waals surface area contributed by atoms with Crippen LogP contribution in [-0.4, -0.2) is 88.6 Å². The summed E-state index contributed by atoms with van der Waals surface area (Å²) in [6.45, 7) is 0.0384. The van der Waals surface area contributed by atoms with Crippen molar-refractivity contribution in [3.8, 4) is 0 Å². The van der Waals surface area contributed by atoms with Gasteiger partial charge in [0, 0.05) is 6.54 Å². The number of carbonyl (C=O) groups is 5. The maximum absolute atomic E-state index is 13.1. The summed E-state index contributed by atoms with van der Waals surface area (Å²) >= 11 is 0. The molecule has 1 aliphatic rings. The number of carboxylic acids is 1. The van der Waals surface area contributed by atoms with Crippen molar-refractivity contribution >= 4 is 29.6 Å². The molecule has 0 aromatic rings. The molecular weight excluding hydrogens is 412 g/mol. The summed E-state index contributed by atoms with van der Waals surface area (Å²) in [5.74, 6) is -4.27. The van der Waals surface area contributed by atoms with Gasteiger partial charge in [-0.15, -0.1) is 0 Å². The molecule has 0 aromatic heterocycles. The van der Waals surface area contributed by atoms with Gasteiger partial charge < -0.3 is 42.9 Å². The summed E-state index contributed by atoms with van der Waals surface area (Å²) in [6, 6.07) is -4.65. The number of unbranched alkanes of at least 4 members (excludes halogenated alkanes) is 1. The number of carbonyl (C=O) groups excluding carboxylic acids is 4. The van der Waals surface area contributed by atoms with E-state index in [1.807, 2.05) is 0 Å². The van der Waals surface area contributed by atoms with Gasteiger partial charge in [-0.3, -0.25) is 19.2 Å². The number of aliphatic carboxylic acids is 1. The average molecular weight is 444 g/mol. The monoisotopic (exact) mass is 444 g/mol. The third-order valence-corrected chi connectivity index (χ3v) is 4.95. The summed E-state index contributed by atoms with van der Waals surface area (Å²) < 4.78 is 0. The van der Waals surface area contributed by atoms with Gasteiger partial charge in [-0.25, -0.2) is 4.79 Å². The molecule has 0 bridgehead atoms. The van der Waals surface area contributed by atoms with E-state index in [4.69, 9.17) is 22.3 Å². The Morgan fingerprint density at radius 3 is 2.32 bits per heavy atom. The molecule has 4 unspecified atom stereocenters. The second kappa shape index (κ2) is 12.8. The number of carboxylic acid groups (broad SMARTS) is 1. The number of likely N-dealkylation sites (tertiary alicyclic amines) is 1. The third kappa shape index (κ3) is 8.11. The highest BCUT2D eigenvalue weighted by atomic mass is 16.4. The Bertz CT molecular complexity index is 674. The standard InChI is InChI=1S/C18H32N6O7/c19-6-2-1-4-11(22-15(27)10(20)9-25)17(29)24-7-3-5-13(24)16(28)23-12(18(30)31)8-14(21)26/h10-13,25H,1-9,19-20H2,(H2,21,26)(H,22,27)(H,23,28)(H,30,31). The minimum atomic E-state index is -1.51. The number of primary amides is 1. The first kappa shape index (κ1) is 26.3. The van der Waals surface area contributed by atoms with Gasteiger partial charge in [0.05, 0.1) is 13.0 Å². The number of nitrogens with two attached hydrogens (primary N) is 3. The van der Waals surface area contributed by atoms with Crippen LogP contribution in [0.3, 0.4) is 0 Å². The molecule has 176 valence electrons. The number of nitrogens with zero attached hydrogens (tertiary/aromatic N) is 1. The van der Waals surface area contributed by atoms with Crippen LogP contribution in [0.5, 0.6) is 0 Å². The maximum atomic E-state index is 13.1. The van der Waals surface area contributed by atoms with E-state index in [0.717, 1.165) is 0 Å². The molecule has 1 aliphatic heterocycles. The van der Waals surface area contributed by atoms with Gasteiger partial charge in [0.15, 0.2) is 0 Å². The zero-order chi connectivity index (χ0) is 23.6. The van der Waals surface area contributed by atoms with Crippen LogP contribution in [0.1, 0.15) is 38.5 Å². The molecule has 4 atom stereocenters. The molecule has 1 heterocycles. The van der Waals surface area contributed by atoms with E-state index in [9.17, 15) is 29.1 Å². The smallest absolute Gasteiger partial charge is 0.326 e. The fraction of sp³-hybridized carbons (Fsp3) is 0.722. The van der Waals surface area contributed by atoms with Crippen molar-refractivity contribution in [1.82, 2.24) is 15.5 Å². The van der Waals surface area contributed by atoms with E-state index in [-0.39, 0.29) is 13.0 Å². The highest BCUT2D eigenvalue weighted by Crippen LogP contribution is 2.20. The molecule has 10 N–H and O–H groups in total. The number of nitrogens with one attached hydrogen (secondary N) is 2. The van der Waals surface area contributed by atoms with Crippen molar-refractivity contribution in [2.75, 3.05) is 19.7 Å².